The molecule has 3 heteroatoms. The van der Waals surface area contributed by atoms with Crippen molar-refractivity contribution < 1.29 is 0 Å². The zero-order valence-corrected chi connectivity index (χ0v) is 13.2. The van der Waals surface area contributed by atoms with E-state index in [1.165, 1.54) is 49.9 Å². The van der Waals surface area contributed by atoms with E-state index >= 15 is 0 Å². The molecule has 0 spiro atoms. The number of halogens is 1. The second-order valence-electron chi connectivity index (χ2n) is 6.09. The third-order valence-electron chi connectivity index (χ3n) is 4.82. The summed E-state index contributed by atoms with van der Waals surface area (Å²) in [6, 6.07) is 7.56. The molecule has 1 saturated heterocycles. The number of benzene rings is 1. The summed E-state index contributed by atoms with van der Waals surface area (Å²) in [5.74, 6) is 0.931. The maximum Gasteiger partial charge on any atom is 0.0380 e. The first-order chi connectivity index (χ1) is 9.16. The van der Waals surface area contributed by atoms with Gasteiger partial charge in [-0.05, 0) is 49.8 Å². The number of hydrogen-bond donors (Lipinski definition) is 1. The van der Waals surface area contributed by atoms with Gasteiger partial charge in [0.05, 0.1) is 0 Å². The highest BCUT2D eigenvalue weighted by Crippen LogP contribution is 2.40. The summed E-state index contributed by atoms with van der Waals surface area (Å²) >= 11 is 3.68. The monoisotopic (exact) mass is 322 g/mol. The number of nitrogens with zero attached hydrogens (tertiary/aromatic N) is 1. The van der Waals surface area contributed by atoms with Gasteiger partial charge in [-0.1, -0.05) is 34.8 Å². The molecule has 1 heterocycles. The Balaban J connectivity index is 1.84. The molecule has 1 aromatic rings. The highest BCUT2D eigenvalue weighted by atomic mass is 79.9. The second kappa shape index (κ2) is 5.45. The van der Waals surface area contributed by atoms with Crippen molar-refractivity contribution in [1.29, 1.82) is 0 Å². The molecule has 2 aliphatic rings. The summed E-state index contributed by atoms with van der Waals surface area (Å²) < 4.78 is 1.15. The van der Waals surface area contributed by atoms with E-state index in [2.05, 4.69) is 39.0 Å². The number of rotatable bonds is 2. The molecular formula is C16H23BrN2. The Morgan fingerprint density at radius 3 is 2.79 bits per heavy atom. The molecule has 3 unspecified atom stereocenters. The quantitative estimate of drug-likeness (QED) is 0.882. The fourth-order valence-corrected chi connectivity index (χ4v) is 4.52. The van der Waals surface area contributed by atoms with Gasteiger partial charge in [-0.3, -0.25) is 0 Å². The first kappa shape index (κ1) is 13.4. The summed E-state index contributed by atoms with van der Waals surface area (Å²) in [6.45, 7) is 3.26. The molecule has 2 N–H and O–H groups in total. The van der Waals surface area contributed by atoms with Crippen molar-refractivity contribution in [2.45, 2.75) is 51.1 Å². The van der Waals surface area contributed by atoms with Gasteiger partial charge in [0.2, 0.25) is 0 Å². The minimum atomic E-state index is 0.0874. The molecule has 2 fully saturated rings. The first-order valence-corrected chi connectivity index (χ1v) is 8.28. The predicted octanol–water partition coefficient (Wildman–Crippen LogP) is 4.24. The van der Waals surface area contributed by atoms with Crippen molar-refractivity contribution >= 4 is 21.6 Å². The SMILES string of the molecule is CC(N)c1ccc(N2CCC3CCCCC32)cc1Br. The van der Waals surface area contributed by atoms with Gasteiger partial charge >= 0.3 is 0 Å². The lowest BCUT2D eigenvalue weighted by atomic mass is 9.85. The third kappa shape index (κ3) is 2.55. The van der Waals surface area contributed by atoms with Gasteiger partial charge in [0.25, 0.3) is 0 Å². The lowest BCUT2D eigenvalue weighted by molar-refractivity contribution is 0.342. The molecule has 3 rings (SSSR count). The van der Waals surface area contributed by atoms with E-state index < -0.39 is 0 Å². The van der Waals surface area contributed by atoms with Gasteiger partial charge in [-0.15, -0.1) is 0 Å². The van der Waals surface area contributed by atoms with Crippen molar-refractivity contribution in [2.75, 3.05) is 11.4 Å². The molecule has 2 nitrogen and oxygen atoms in total. The van der Waals surface area contributed by atoms with Gasteiger partial charge in [0.1, 0.15) is 0 Å². The van der Waals surface area contributed by atoms with E-state index in [-0.39, 0.29) is 6.04 Å². The van der Waals surface area contributed by atoms with Crippen LogP contribution >= 0.6 is 15.9 Å². The van der Waals surface area contributed by atoms with Crippen LogP contribution in [0.25, 0.3) is 0 Å². The van der Waals surface area contributed by atoms with Crippen LogP contribution in [0.2, 0.25) is 0 Å². The van der Waals surface area contributed by atoms with E-state index in [1.54, 1.807) is 0 Å². The van der Waals surface area contributed by atoms with Crippen LogP contribution in [0.5, 0.6) is 0 Å². The third-order valence-corrected chi connectivity index (χ3v) is 5.50. The molecule has 104 valence electrons. The maximum atomic E-state index is 5.98. The average molecular weight is 323 g/mol. The molecule has 19 heavy (non-hydrogen) atoms. The average Bonchev–Trinajstić information content (AvgIpc) is 2.82. The molecule has 0 amide bonds. The van der Waals surface area contributed by atoms with Crippen LogP contribution < -0.4 is 10.6 Å². The zero-order chi connectivity index (χ0) is 13.4. The lowest BCUT2D eigenvalue weighted by Crippen LogP contribution is -2.34. The smallest absolute Gasteiger partial charge is 0.0380 e. The molecule has 3 atom stereocenters. The first-order valence-electron chi connectivity index (χ1n) is 7.48. The normalized spacial score (nSPS) is 28.3. The summed E-state index contributed by atoms with van der Waals surface area (Å²) in [4.78, 5) is 2.62. The molecule has 1 aliphatic carbocycles. The zero-order valence-electron chi connectivity index (χ0n) is 11.6. The van der Waals surface area contributed by atoms with Crippen LogP contribution in [0.4, 0.5) is 5.69 Å². The minimum Gasteiger partial charge on any atom is -0.368 e. The van der Waals surface area contributed by atoms with E-state index in [0.29, 0.717) is 0 Å². The van der Waals surface area contributed by atoms with Crippen molar-refractivity contribution in [2.24, 2.45) is 11.7 Å². The van der Waals surface area contributed by atoms with Gasteiger partial charge in [0, 0.05) is 28.8 Å². The number of fused-ring (bicyclic) bond motifs is 1. The molecule has 0 bridgehead atoms. The minimum absolute atomic E-state index is 0.0874. The Bertz CT molecular complexity index is 458. The Morgan fingerprint density at radius 1 is 1.26 bits per heavy atom. The summed E-state index contributed by atoms with van der Waals surface area (Å²) in [5, 5.41) is 0. The molecule has 1 saturated carbocycles. The van der Waals surface area contributed by atoms with Crippen LogP contribution in [-0.4, -0.2) is 12.6 Å². The van der Waals surface area contributed by atoms with Gasteiger partial charge in [0.15, 0.2) is 0 Å². The van der Waals surface area contributed by atoms with Crippen LogP contribution in [-0.2, 0) is 0 Å². The molecule has 0 radical (unpaired) electrons. The Kier molecular flexibility index (Phi) is 3.86. The topological polar surface area (TPSA) is 29.3 Å². The van der Waals surface area contributed by atoms with Crippen molar-refractivity contribution in [3.8, 4) is 0 Å². The Morgan fingerprint density at radius 2 is 2.05 bits per heavy atom. The molecule has 1 aliphatic heterocycles. The largest absolute Gasteiger partial charge is 0.368 e. The number of anilines is 1. The van der Waals surface area contributed by atoms with E-state index in [9.17, 15) is 0 Å². The molecular weight excluding hydrogens is 300 g/mol. The maximum absolute atomic E-state index is 5.98. The Hall–Kier alpha value is -0.540. The lowest BCUT2D eigenvalue weighted by Gasteiger charge is -2.33. The molecule has 0 aromatic heterocycles. The van der Waals surface area contributed by atoms with E-state index in [1.807, 2.05) is 6.92 Å². The van der Waals surface area contributed by atoms with Gasteiger partial charge < -0.3 is 10.6 Å². The predicted molar refractivity (Wildman–Crippen MR) is 84.5 cm³/mol. The van der Waals surface area contributed by atoms with Crippen LogP contribution in [0.3, 0.4) is 0 Å². The van der Waals surface area contributed by atoms with Gasteiger partial charge in [-0.25, -0.2) is 0 Å². The highest BCUT2D eigenvalue weighted by Gasteiger charge is 2.35. The standard InChI is InChI=1S/C16H23BrN2/c1-11(18)14-7-6-13(10-15(14)17)19-9-8-12-4-2-3-5-16(12)19/h6-7,10-12,16H,2-5,8-9,18H2,1H3. The number of nitrogens with two attached hydrogens (primary N) is 1. The van der Waals surface area contributed by atoms with Crippen molar-refractivity contribution in [3.05, 3.63) is 28.2 Å². The fourth-order valence-electron chi connectivity index (χ4n) is 3.79. The van der Waals surface area contributed by atoms with Gasteiger partial charge in [-0.2, -0.15) is 0 Å². The highest BCUT2D eigenvalue weighted by molar-refractivity contribution is 9.10. The van der Waals surface area contributed by atoms with Crippen molar-refractivity contribution in [1.82, 2.24) is 0 Å². The Labute approximate surface area is 124 Å². The van der Waals surface area contributed by atoms with E-state index in [0.717, 1.165) is 16.4 Å². The van der Waals surface area contributed by atoms with Crippen LogP contribution in [0.15, 0.2) is 22.7 Å². The summed E-state index contributed by atoms with van der Waals surface area (Å²) in [7, 11) is 0. The fraction of sp³-hybridized carbons (Fsp3) is 0.625. The second-order valence-corrected chi connectivity index (χ2v) is 6.94. The summed E-state index contributed by atoms with van der Waals surface area (Å²) in [5.41, 5.74) is 8.54. The molecule has 1 aromatic carbocycles. The van der Waals surface area contributed by atoms with E-state index in [4.69, 9.17) is 5.73 Å². The van der Waals surface area contributed by atoms with Crippen LogP contribution in [0, 0.1) is 5.92 Å². The number of hydrogen-bond acceptors (Lipinski definition) is 2. The van der Waals surface area contributed by atoms with Crippen molar-refractivity contribution in [3.63, 3.8) is 0 Å². The summed E-state index contributed by atoms with van der Waals surface area (Å²) in [6.07, 6.45) is 7.01. The van der Waals surface area contributed by atoms with Crippen LogP contribution in [0.1, 0.15) is 50.6 Å².